The second-order valence-corrected chi connectivity index (χ2v) is 8.26. The molecule has 31 heavy (non-hydrogen) atoms. The van der Waals surface area contributed by atoms with E-state index >= 15 is 0 Å². The number of hydrogen-bond donors (Lipinski definition) is 3. The molecule has 1 aliphatic heterocycles. The molecule has 0 spiro atoms. The molecular weight excluding hydrogens is 415 g/mol. The van der Waals surface area contributed by atoms with Crippen LogP contribution in [0.5, 0.6) is 0 Å². The summed E-state index contributed by atoms with van der Waals surface area (Å²) in [6.07, 6.45) is 6.00. The SMILES string of the molecule is Fc1ccc(Cl)cc1-c1n[nH]cc1-c1ccc2ncc(NCC3CCCNC3)cc2n1. The van der Waals surface area contributed by atoms with Crippen LogP contribution in [-0.4, -0.2) is 39.8 Å². The first-order valence-electron chi connectivity index (χ1n) is 10.4. The number of aromatic amines is 1. The molecule has 4 aromatic rings. The quantitative estimate of drug-likeness (QED) is 0.415. The van der Waals surface area contributed by atoms with Crippen molar-refractivity contribution in [2.75, 3.05) is 25.0 Å². The zero-order valence-corrected chi connectivity index (χ0v) is 17.6. The predicted octanol–water partition coefficient (Wildman–Crippen LogP) is 4.89. The number of pyridine rings is 2. The van der Waals surface area contributed by atoms with Crippen LogP contribution in [0.3, 0.4) is 0 Å². The Morgan fingerprint density at radius 1 is 1.13 bits per heavy atom. The number of anilines is 1. The lowest BCUT2D eigenvalue weighted by molar-refractivity contribution is 0.393. The molecule has 1 atom stereocenters. The molecule has 0 aliphatic carbocycles. The summed E-state index contributed by atoms with van der Waals surface area (Å²) >= 11 is 6.07. The number of rotatable bonds is 5. The van der Waals surface area contributed by atoms with Crippen LogP contribution in [-0.2, 0) is 0 Å². The number of nitrogens with one attached hydrogen (secondary N) is 3. The number of benzene rings is 1. The van der Waals surface area contributed by atoms with Gasteiger partial charge in [0, 0.05) is 28.9 Å². The average Bonchev–Trinajstić information content (AvgIpc) is 3.29. The maximum atomic E-state index is 14.4. The third kappa shape index (κ3) is 4.24. The fraction of sp³-hybridized carbons (Fsp3) is 0.261. The minimum atomic E-state index is -0.385. The number of H-pyrrole nitrogens is 1. The lowest BCUT2D eigenvalue weighted by Crippen LogP contribution is -2.33. The van der Waals surface area contributed by atoms with Gasteiger partial charge >= 0.3 is 0 Å². The highest BCUT2D eigenvalue weighted by molar-refractivity contribution is 6.30. The van der Waals surface area contributed by atoms with E-state index in [4.69, 9.17) is 16.6 Å². The maximum absolute atomic E-state index is 14.4. The van der Waals surface area contributed by atoms with Gasteiger partial charge in [0.05, 0.1) is 28.6 Å². The van der Waals surface area contributed by atoms with Gasteiger partial charge in [0.25, 0.3) is 0 Å². The molecule has 1 saturated heterocycles. The Labute approximate surface area is 184 Å². The second kappa shape index (κ2) is 8.61. The van der Waals surface area contributed by atoms with E-state index in [9.17, 15) is 4.39 Å². The van der Waals surface area contributed by atoms with Gasteiger partial charge in [-0.2, -0.15) is 5.10 Å². The highest BCUT2D eigenvalue weighted by Gasteiger charge is 2.17. The Bertz CT molecular complexity index is 1220. The van der Waals surface area contributed by atoms with Gasteiger partial charge in [0.15, 0.2) is 0 Å². The Kier molecular flexibility index (Phi) is 5.53. The molecule has 8 heteroatoms. The van der Waals surface area contributed by atoms with Gasteiger partial charge in [0.2, 0.25) is 0 Å². The van der Waals surface area contributed by atoms with E-state index in [1.54, 1.807) is 12.3 Å². The van der Waals surface area contributed by atoms with Crippen molar-refractivity contribution in [1.82, 2.24) is 25.5 Å². The van der Waals surface area contributed by atoms with Gasteiger partial charge in [-0.3, -0.25) is 10.1 Å². The lowest BCUT2D eigenvalue weighted by Gasteiger charge is -2.23. The van der Waals surface area contributed by atoms with E-state index in [-0.39, 0.29) is 5.82 Å². The zero-order chi connectivity index (χ0) is 21.2. The van der Waals surface area contributed by atoms with E-state index in [1.165, 1.54) is 25.0 Å². The Hall–Kier alpha value is -3.03. The topological polar surface area (TPSA) is 78.5 Å². The molecule has 1 unspecified atom stereocenters. The number of aromatic nitrogens is 4. The predicted molar refractivity (Wildman–Crippen MR) is 122 cm³/mol. The van der Waals surface area contributed by atoms with Gasteiger partial charge in [-0.05, 0) is 68.2 Å². The third-order valence-electron chi connectivity index (χ3n) is 5.63. The smallest absolute Gasteiger partial charge is 0.132 e. The molecule has 1 aliphatic rings. The van der Waals surface area contributed by atoms with Gasteiger partial charge < -0.3 is 10.6 Å². The van der Waals surface area contributed by atoms with Crippen LogP contribution in [0, 0.1) is 11.7 Å². The van der Waals surface area contributed by atoms with Crippen LogP contribution >= 0.6 is 11.6 Å². The average molecular weight is 437 g/mol. The monoisotopic (exact) mass is 436 g/mol. The summed E-state index contributed by atoms with van der Waals surface area (Å²) in [7, 11) is 0. The summed E-state index contributed by atoms with van der Waals surface area (Å²) < 4.78 is 14.4. The summed E-state index contributed by atoms with van der Waals surface area (Å²) in [6, 6.07) is 10.2. The van der Waals surface area contributed by atoms with E-state index < -0.39 is 0 Å². The van der Waals surface area contributed by atoms with Crippen molar-refractivity contribution >= 4 is 28.3 Å². The highest BCUT2D eigenvalue weighted by Crippen LogP contribution is 2.33. The minimum Gasteiger partial charge on any atom is -0.383 e. The van der Waals surface area contributed by atoms with Gasteiger partial charge in [0.1, 0.15) is 11.5 Å². The normalized spacial score (nSPS) is 16.5. The fourth-order valence-electron chi connectivity index (χ4n) is 3.98. The standard InChI is InChI=1S/C23H22ClFN6/c24-15-3-4-19(25)17(8-15)23-18(13-29-31-23)20-5-6-21-22(30-20)9-16(12-28-21)27-11-14-2-1-7-26-10-14/h3-6,8-9,12-14,26-27H,1-2,7,10-11H2,(H,29,31). The van der Waals surface area contributed by atoms with Gasteiger partial charge in [-0.1, -0.05) is 11.6 Å². The largest absolute Gasteiger partial charge is 0.383 e. The first-order chi connectivity index (χ1) is 15.2. The minimum absolute atomic E-state index is 0.334. The summed E-state index contributed by atoms with van der Waals surface area (Å²) in [5.41, 5.74) is 4.70. The molecule has 0 amide bonds. The van der Waals surface area contributed by atoms with E-state index in [0.717, 1.165) is 36.4 Å². The van der Waals surface area contributed by atoms with Crippen molar-refractivity contribution in [2.45, 2.75) is 12.8 Å². The third-order valence-corrected chi connectivity index (χ3v) is 5.87. The fourth-order valence-corrected chi connectivity index (χ4v) is 4.16. The number of hydrogen-bond acceptors (Lipinski definition) is 5. The maximum Gasteiger partial charge on any atom is 0.132 e. The van der Waals surface area contributed by atoms with Crippen molar-refractivity contribution in [2.24, 2.45) is 5.92 Å². The molecule has 0 bridgehead atoms. The number of halogens is 2. The summed E-state index contributed by atoms with van der Waals surface area (Å²) in [6.45, 7) is 3.05. The van der Waals surface area contributed by atoms with Gasteiger partial charge in [-0.25, -0.2) is 9.37 Å². The highest BCUT2D eigenvalue weighted by atomic mass is 35.5. The molecule has 1 aromatic carbocycles. The Morgan fingerprint density at radius 2 is 2.06 bits per heavy atom. The summed E-state index contributed by atoms with van der Waals surface area (Å²) in [4.78, 5) is 9.31. The first kappa shape index (κ1) is 19.9. The van der Waals surface area contributed by atoms with Crippen LogP contribution in [0.2, 0.25) is 5.02 Å². The Balaban J connectivity index is 1.45. The van der Waals surface area contributed by atoms with Crippen LogP contribution in [0.25, 0.3) is 33.5 Å². The van der Waals surface area contributed by atoms with E-state index in [1.807, 2.05) is 24.4 Å². The first-order valence-corrected chi connectivity index (χ1v) is 10.8. The molecule has 0 saturated carbocycles. The molecular formula is C23H22ClFN6. The van der Waals surface area contributed by atoms with Crippen molar-refractivity contribution in [3.63, 3.8) is 0 Å². The summed E-state index contributed by atoms with van der Waals surface area (Å²) in [5, 5.41) is 14.4. The molecule has 0 radical (unpaired) electrons. The molecule has 4 heterocycles. The van der Waals surface area contributed by atoms with Crippen LogP contribution in [0.4, 0.5) is 10.1 Å². The zero-order valence-electron chi connectivity index (χ0n) is 16.8. The van der Waals surface area contributed by atoms with E-state index in [0.29, 0.717) is 33.5 Å². The van der Waals surface area contributed by atoms with Crippen LogP contribution in [0.15, 0.2) is 48.8 Å². The van der Waals surface area contributed by atoms with Crippen molar-refractivity contribution in [3.05, 3.63) is 59.6 Å². The van der Waals surface area contributed by atoms with Crippen LogP contribution in [0.1, 0.15) is 12.8 Å². The molecule has 5 rings (SSSR count). The number of fused-ring (bicyclic) bond motifs is 1. The number of piperidine rings is 1. The van der Waals surface area contributed by atoms with Gasteiger partial charge in [-0.15, -0.1) is 0 Å². The van der Waals surface area contributed by atoms with E-state index in [2.05, 4.69) is 25.8 Å². The van der Waals surface area contributed by atoms with Crippen molar-refractivity contribution in [1.29, 1.82) is 0 Å². The second-order valence-electron chi connectivity index (χ2n) is 7.82. The Morgan fingerprint density at radius 3 is 2.94 bits per heavy atom. The molecule has 158 valence electrons. The molecule has 3 N–H and O–H groups in total. The molecule has 1 fully saturated rings. The van der Waals surface area contributed by atoms with Crippen LogP contribution < -0.4 is 10.6 Å². The lowest BCUT2D eigenvalue weighted by atomic mass is 10.00. The van der Waals surface area contributed by atoms with Crippen molar-refractivity contribution < 1.29 is 4.39 Å². The molecule has 3 aromatic heterocycles. The summed E-state index contributed by atoms with van der Waals surface area (Å²) in [5.74, 6) is 0.230. The number of nitrogens with zero attached hydrogens (tertiary/aromatic N) is 3. The molecule has 6 nitrogen and oxygen atoms in total. The van der Waals surface area contributed by atoms with Crippen molar-refractivity contribution in [3.8, 4) is 22.5 Å².